The molecule has 10 nitrogen and oxygen atoms in total. The Morgan fingerprint density at radius 1 is 1.11 bits per heavy atom. The Morgan fingerprint density at radius 2 is 1.80 bits per heavy atom. The van der Waals surface area contributed by atoms with E-state index in [0.717, 1.165) is 18.2 Å². The van der Waals surface area contributed by atoms with Crippen LogP contribution in [-0.4, -0.2) is 61.6 Å². The topological polar surface area (TPSA) is 142 Å². The highest BCUT2D eigenvalue weighted by Crippen LogP contribution is 2.46. The monoisotopic (exact) mass is 635 g/mol. The quantitative estimate of drug-likeness (QED) is 0.160. The van der Waals surface area contributed by atoms with Crippen LogP contribution in [0.15, 0.2) is 48.5 Å². The number of rotatable bonds is 11. The van der Waals surface area contributed by atoms with Gasteiger partial charge >= 0.3 is 12.1 Å². The molecule has 242 valence electrons. The van der Waals surface area contributed by atoms with Gasteiger partial charge in [0.15, 0.2) is 17.2 Å². The summed E-state index contributed by atoms with van der Waals surface area (Å²) in [7, 11) is 1.30. The maximum absolute atomic E-state index is 14.6. The summed E-state index contributed by atoms with van der Waals surface area (Å²) in [6.07, 6.45) is -5.31. The Balaban J connectivity index is 1.59. The number of pyridine rings is 1. The van der Waals surface area contributed by atoms with Gasteiger partial charge in [0.1, 0.15) is 31.3 Å². The van der Waals surface area contributed by atoms with Gasteiger partial charge in [-0.1, -0.05) is 13.8 Å². The number of hydrogen-bond donors (Lipinski definition) is 3. The number of alkyl halides is 3. The van der Waals surface area contributed by atoms with E-state index in [4.69, 9.17) is 24.7 Å². The van der Waals surface area contributed by atoms with Crippen molar-refractivity contribution in [1.82, 2.24) is 10.3 Å². The van der Waals surface area contributed by atoms with Crippen LogP contribution in [-0.2, 0) is 20.7 Å². The number of amides is 1. The van der Waals surface area contributed by atoms with Crippen molar-refractivity contribution in [2.45, 2.75) is 38.1 Å². The SMILES string of the molecule is COc1cc(C(=O)NCC(O)(c2cc3c(c(-c4ccc(F)cc4)n2)OCC3(C)N)C(F)(F)F)ccc1OCCOC(=O)C(C)C. The molecule has 0 fully saturated rings. The van der Waals surface area contributed by atoms with Crippen LogP contribution in [0.3, 0.4) is 0 Å². The van der Waals surface area contributed by atoms with Gasteiger partial charge < -0.3 is 35.1 Å². The molecule has 1 amide bonds. The van der Waals surface area contributed by atoms with Gasteiger partial charge in [-0.05, 0) is 55.5 Å². The van der Waals surface area contributed by atoms with E-state index in [1.54, 1.807) is 20.8 Å². The number of aromatic nitrogens is 1. The number of esters is 1. The van der Waals surface area contributed by atoms with Crippen molar-refractivity contribution in [3.8, 4) is 28.5 Å². The van der Waals surface area contributed by atoms with Crippen LogP contribution in [0, 0.1) is 11.7 Å². The fourth-order valence-corrected chi connectivity index (χ4v) is 4.45. The normalized spacial score (nSPS) is 17.2. The van der Waals surface area contributed by atoms with E-state index in [0.29, 0.717) is 0 Å². The third-order valence-corrected chi connectivity index (χ3v) is 7.10. The Kier molecular flexibility index (Phi) is 9.59. The molecule has 4 N–H and O–H groups in total. The molecule has 2 heterocycles. The van der Waals surface area contributed by atoms with Crippen LogP contribution in [0.1, 0.15) is 42.4 Å². The fraction of sp³-hybridized carbons (Fsp3) is 0.387. The summed E-state index contributed by atoms with van der Waals surface area (Å²) in [5.41, 5.74) is 0.779. The molecule has 0 saturated heterocycles. The summed E-state index contributed by atoms with van der Waals surface area (Å²) < 4.78 is 78.8. The van der Waals surface area contributed by atoms with Gasteiger partial charge in [0, 0.05) is 16.7 Å². The van der Waals surface area contributed by atoms with E-state index >= 15 is 0 Å². The lowest BCUT2D eigenvalue weighted by Crippen LogP contribution is -2.51. The van der Waals surface area contributed by atoms with Gasteiger partial charge in [-0.2, -0.15) is 13.2 Å². The van der Waals surface area contributed by atoms with Gasteiger partial charge in [0.25, 0.3) is 5.91 Å². The summed E-state index contributed by atoms with van der Waals surface area (Å²) in [5, 5.41) is 13.3. The number of methoxy groups -OCH3 is 1. The first-order valence-electron chi connectivity index (χ1n) is 13.9. The maximum atomic E-state index is 14.6. The molecule has 1 aromatic heterocycles. The highest BCUT2D eigenvalue weighted by molar-refractivity contribution is 5.95. The molecule has 1 aliphatic heterocycles. The fourth-order valence-electron chi connectivity index (χ4n) is 4.45. The summed E-state index contributed by atoms with van der Waals surface area (Å²) in [4.78, 5) is 28.7. The lowest BCUT2D eigenvalue weighted by Gasteiger charge is -2.31. The lowest BCUT2D eigenvalue weighted by molar-refractivity contribution is -0.265. The van der Waals surface area contributed by atoms with Crippen LogP contribution in [0.4, 0.5) is 17.6 Å². The van der Waals surface area contributed by atoms with E-state index < -0.39 is 47.2 Å². The molecule has 2 atom stereocenters. The minimum absolute atomic E-state index is 0.0143. The molecule has 2 unspecified atom stereocenters. The van der Waals surface area contributed by atoms with E-state index in [1.807, 2.05) is 0 Å². The molecule has 0 bridgehead atoms. The summed E-state index contributed by atoms with van der Waals surface area (Å²) in [5.74, 6) is -1.84. The summed E-state index contributed by atoms with van der Waals surface area (Å²) >= 11 is 0. The van der Waals surface area contributed by atoms with E-state index in [1.165, 1.54) is 37.4 Å². The van der Waals surface area contributed by atoms with Gasteiger partial charge in [-0.3, -0.25) is 9.59 Å². The van der Waals surface area contributed by atoms with Crippen LogP contribution in [0.5, 0.6) is 17.2 Å². The van der Waals surface area contributed by atoms with Crippen molar-refractivity contribution in [3.05, 3.63) is 71.2 Å². The first-order valence-corrected chi connectivity index (χ1v) is 13.9. The molecule has 4 rings (SSSR count). The van der Waals surface area contributed by atoms with Gasteiger partial charge in [-0.15, -0.1) is 0 Å². The van der Waals surface area contributed by atoms with Crippen LogP contribution < -0.4 is 25.3 Å². The Bertz CT molecular complexity index is 1560. The number of nitrogens with two attached hydrogens (primary N) is 1. The molecule has 45 heavy (non-hydrogen) atoms. The number of hydrogen-bond acceptors (Lipinski definition) is 9. The Labute approximate surface area is 256 Å². The molecule has 0 radical (unpaired) electrons. The Hall–Kier alpha value is -4.43. The van der Waals surface area contributed by atoms with Crippen LogP contribution in [0.2, 0.25) is 0 Å². The number of benzene rings is 2. The number of nitrogens with one attached hydrogen (secondary N) is 1. The summed E-state index contributed by atoms with van der Waals surface area (Å²) in [6, 6.07) is 9.74. The first kappa shape index (κ1) is 33.5. The maximum Gasteiger partial charge on any atom is 0.424 e. The molecule has 2 aromatic carbocycles. The van der Waals surface area contributed by atoms with Gasteiger partial charge in [0.05, 0.1) is 30.8 Å². The minimum atomic E-state index is -5.31. The minimum Gasteiger partial charge on any atom is -0.493 e. The zero-order valence-electron chi connectivity index (χ0n) is 25.0. The second kappa shape index (κ2) is 12.9. The molecule has 0 saturated carbocycles. The van der Waals surface area contributed by atoms with Crippen molar-refractivity contribution in [3.63, 3.8) is 0 Å². The predicted octanol–water partition coefficient (Wildman–Crippen LogP) is 4.22. The number of halogens is 4. The average Bonchev–Trinajstić information content (AvgIpc) is 3.31. The van der Waals surface area contributed by atoms with Crippen LogP contribution in [0.25, 0.3) is 11.3 Å². The van der Waals surface area contributed by atoms with Crippen molar-refractivity contribution in [2.75, 3.05) is 33.5 Å². The second-order valence-corrected chi connectivity index (χ2v) is 11.0. The molecule has 1 aliphatic rings. The Morgan fingerprint density at radius 3 is 2.42 bits per heavy atom. The third kappa shape index (κ3) is 7.12. The molecular weight excluding hydrogens is 602 g/mol. The van der Waals surface area contributed by atoms with Gasteiger partial charge in [-0.25, -0.2) is 9.37 Å². The van der Waals surface area contributed by atoms with E-state index in [9.17, 15) is 32.3 Å². The highest BCUT2D eigenvalue weighted by atomic mass is 19.4. The molecule has 0 aliphatic carbocycles. The molecule has 14 heteroatoms. The molecule has 0 spiro atoms. The van der Waals surface area contributed by atoms with Gasteiger partial charge in [0.2, 0.25) is 5.60 Å². The third-order valence-electron chi connectivity index (χ3n) is 7.10. The number of fused-ring (bicyclic) bond motifs is 1. The average molecular weight is 636 g/mol. The van der Waals surface area contributed by atoms with Crippen molar-refractivity contribution >= 4 is 11.9 Å². The van der Waals surface area contributed by atoms with Crippen molar-refractivity contribution in [2.24, 2.45) is 11.7 Å². The molecule has 3 aromatic rings. The summed E-state index contributed by atoms with van der Waals surface area (Å²) in [6.45, 7) is 3.48. The second-order valence-electron chi connectivity index (χ2n) is 11.0. The van der Waals surface area contributed by atoms with Crippen molar-refractivity contribution in [1.29, 1.82) is 0 Å². The van der Waals surface area contributed by atoms with Crippen LogP contribution >= 0.6 is 0 Å². The standard InChI is InChI=1S/C31H33F4N3O7/c1-17(2)28(40)44-12-11-43-22-10-7-19(13-23(22)42-4)27(39)37-15-30(41,31(33,34)35)24-14-21-26(45-16-29(21,3)36)25(38-24)18-5-8-20(32)9-6-18/h5-10,13-14,17,41H,11-12,15-16,36H2,1-4H3,(H,37,39). The van der Waals surface area contributed by atoms with E-state index in [2.05, 4.69) is 10.3 Å². The number of carbonyl (C=O) groups excluding carboxylic acids is 2. The highest BCUT2D eigenvalue weighted by Gasteiger charge is 2.57. The smallest absolute Gasteiger partial charge is 0.424 e. The number of carbonyl (C=O) groups is 2. The molecular formula is C31H33F4N3O7. The van der Waals surface area contributed by atoms with Crippen molar-refractivity contribution < 1.29 is 51.2 Å². The largest absolute Gasteiger partial charge is 0.493 e. The predicted molar refractivity (Wildman–Crippen MR) is 153 cm³/mol. The zero-order valence-corrected chi connectivity index (χ0v) is 25.0. The number of ether oxygens (including phenoxy) is 4. The van der Waals surface area contributed by atoms with E-state index in [-0.39, 0.29) is 65.4 Å². The zero-order chi connectivity index (χ0) is 33.2. The lowest BCUT2D eigenvalue weighted by atomic mass is 9.89. The first-order chi connectivity index (χ1) is 21.1. The number of nitrogens with zero attached hydrogens (tertiary/aromatic N) is 1. The number of aliphatic hydroxyl groups is 1.